The van der Waals surface area contributed by atoms with Crippen molar-refractivity contribution in [1.29, 1.82) is 0 Å². The van der Waals surface area contributed by atoms with Crippen molar-refractivity contribution in [1.82, 2.24) is 9.21 Å². The molecule has 0 bridgehead atoms. The molecular formula is C18H32FN3S. The summed E-state index contributed by atoms with van der Waals surface area (Å²) in [5, 5.41) is 0. The summed E-state index contributed by atoms with van der Waals surface area (Å²) in [6, 6.07) is 0.631. The van der Waals surface area contributed by atoms with Crippen LogP contribution in [-0.2, 0) is 0 Å². The van der Waals surface area contributed by atoms with Crippen molar-refractivity contribution in [3.63, 3.8) is 0 Å². The van der Waals surface area contributed by atoms with Gasteiger partial charge in [-0.25, -0.2) is 9.30 Å². The predicted octanol–water partition coefficient (Wildman–Crippen LogP) is 4.88. The maximum atomic E-state index is 13.8. The van der Waals surface area contributed by atoms with Crippen LogP contribution in [0.2, 0.25) is 0 Å². The summed E-state index contributed by atoms with van der Waals surface area (Å²) >= 11 is 1.41. The van der Waals surface area contributed by atoms with Crippen molar-refractivity contribution in [2.45, 2.75) is 52.5 Å². The number of nitrogens with zero attached hydrogens (tertiary/aromatic N) is 3. The smallest absolute Gasteiger partial charge is 0.227 e. The van der Waals surface area contributed by atoms with Gasteiger partial charge in [0.05, 0.1) is 4.91 Å². The number of likely N-dealkylation sites (tertiary alicyclic amines) is 1. The fraction of sp³-hybridized carbons (Fsp3) is 0.722. The Morgan fingerprint density at radius 3 is 2.65 bits per heavy atom. The summed E-state index contributed by atoms with van der Waals surface area (Å²) in [4.78, 5) is 6.81. The minimum Gasteiger partial charge on any atom is -0.300 e. The minimum atomic E-state index is -0.462. The molecule has 0 aromatic carbocycles. The largest absolute Gasteiger partial charge is 0.300 e. The van der Waals surface area contributed by atoms with Crippen LogP contribution in [0.3, 0.4) is 0 Å². The van der Waals surface area contributed by atoms with Crippen LogP contribution in [0, 0.1) is 5.92 Å². The zero-order valence-corrected chi connectivity index (χ0v) is 15.9. The first-order valence-corrected chi connectivity index (χ1v) is 9.43. The van der Waals surface area contributed by atoms with E-state index in [2.05, 4.69) is 34.6 Å². The van der Waals surface area contributed by atoms with E-state index < -0.39 is 5.97 Å². The van der Waals surface area contributed by atoms with Crippen molar-refractivity contribution in [3.05, 3.63) is 23.8 Å². The van der Waals surface area contributed by atoms with Gasteiger partial charge < -0.3 is 4.90 Å². The van der Waals surface area contributed by atoms with Crippen LogP contribution in [0.5, 0.6) is 0 Å². The highest BCUT2D eigenvalue weighted by Gasteiger charge is 2.22. The minimum absolute atomic E-state index is 0.462. The zero-order chi connectivity index (χ0) is 17.2. The van der Waals surface area contributed by atoms with Gasteiger partial charge in [0, 0.05) is 18.8 Å². The molecule has 0 aromatic heterocycles. The van der Waals surface area contributed by atoms with Crippen molar-refractivity contribution >= 4 is 17.9 Å². The quantitative estimate of drug-likeness (QED) is 0.440. The fourth-order valence-corrected chi connectivity index (χ4v) is 3.70. The molecule has 1 heterocycles. The van der Waals surface area contributed by atoms with Gasteiger partial charge >= 0.3 is 0 Å². The Morgan fingerprint density at radius 2 is 2.13 bits per heavy atom. The maximum absolute atomic E-state index is 13.8. The van der Waals surface area contributed by atoms with Crippen molar-refractivity contribution < 1.29 is 4.39 Å². The third-order valence-corrected chi connectivity index (χ3v) is 5.60. The van der Waals surface area contributed by atoms with Crippen LogP contribution in [0.1, 0.15) is 46.5 Å². The number of rotatable bonds is 9. The Morgan fingerprint density at radius 1 is 1.48 bits per heavy atom. The van der Waals surface area contributed by atoms with Crippen molar-refractivity contribution in [2.24, 2.45) is 10.9 Å². The third-order valence-electron chi connectivity index (χ3n) is 4.51. The van der Waals surface area contributed by atoms with E-state index in [0.29, 0.717) is 10.9 Å². The summed E-state index contributed by atoms with van der Waals surface area (Å²) in [6.45, 7) is 13.3. The summed E-state index contributed by atoms with van der Waals surface area (Å²) < 4.78 is 15.9. The molecule has 0 spiro atoms. The SMILES string of the molecule is C=CN=C(F)/C(=C\C)SN(C)CCC(CC)N1CCC(C)CC1. The monoisotopic (exact) mass is 341 g/mol. The maximum Gasteiger partial charge on any atom is 0.227 e. The summed E-state index contributed by atoms with van der Waals surface area (Å²) in [6.07, 6.45) is 7.91. The van der Waals surface area contributed by atoms with Gasteiger partial charge in [-0.2, -0.15) is 4.39 Å². The van der Waals surface area contributed by atoms with E-state index in [4.69, 9.17) is 0 Å². The summed E-state index contributed by atoms with van der Waals surface area (Å²) in [7, 11) is 2.01. The molecule has 1 rings (SSSR count). The third kappa shape index (κ3) is 7.19. The molecule has 3 nitrogen and oxygen atoms in total. The average molecular weight is 342 g/mol. The Hall–Kier alpha value is -0.650. The molecule has 0 radical (unpaired) electrons. The molecule has 0 N–H and O–H groups in total. The first-order valence-electron chi connectivity index (χ1n) is 8.65. The van der Waals surface area contributed by atoms with Crippen LogP contribution in [-0.4, -0.2) is 47.9 Å². The lowest BCUT2D eigenvalue weighted by molar-refractivity contribution is 0.125. The van der Waals surface area contributed by atoms with Crippen LogP contribution < -0.4 is 0 Å². The van der Waals surface area contributed by atoms with E-state index in [1.54, 1.807) is 6.08 Å². The summed E-state index contributed by atoms with van der Waals surface area (Å²) in [5.41, 5.74) is 0. The Labute approximate surface area is 145 Å². The molecule has 1 saturated heterocycles. The molecule has 132 valence electrons. The van der Waals surface area contributed by atoms with Crippen LogP contribution in [0.15, 0.2) is 28.8 Å². The van der Waals surface area contributed by atoms with E-state index in [0.717, 1.165) is 18.9 Å². The van der Waals surface area contributed by atoms with Crippen LogP contribution in [0.25, 0.3) is 0 Å². The zero-order valence-electron chi connectivity index (χ0n) is 15.1. The normalized spacial score (nSPS) is 20.1. The topological polar surface area (TPSA) is 18.8 Å². The number of hydrogen-bond acceptors (Lipinski definition) is 4. The summed E-state index contributed by atoms with van der Waals surface area (Å²) in [5.74, 6) is 0.405. The van der Waals surface area contributed by atoms with E-state index in [9.17, 15) is 4.39 Å². The highest BCUT2D eigenvalue weighted by Crippen LogP contribution is 2.24. The Balaban J connectivity index is 2.45. The van der Waals surface area contributed by atoms with Gasteiger partial charge in [-0.05, 0) is 70.6 Å². The van der Waals surface area contributed by atoms with Gasteiger partial charge in [0.2, 0.25) is 5.97 Å². The molecule has 5 heteroatoms. The lowest BCUT2D eigenvalue weighted by Crippen LogP contribution is -2.41. The lowest BCUT2D eigenvalue weighted by atomic mass is 9.96. The molecule has 1 aliphatic rings. The van der Waals surface area contributed by atoms with Crippen LogP contribution in [0.4, 0.5) is 4.39 Å². The van der Waals surface area contributed by atoms with Gasteiger partial charge in [0.25, 0.3) is 0 Å². The van der Waals surface area contributed by atoms with Gasteiger partial charge in [0.15, 0.2) is 0 Å². The molecule has 0 amide bonds. The van der Waals surface area contributed by atoms with Gasteiger partial charge in [-0.15, -0.1) is 0 Å². The Kier molecular flexibility index (Phi) is 9.75. The number of aliphatic imine (C=N–C) groups is 1. The molecular weight excluding hydrogens is 309 g/mol. The first kappa shape index (κ1) is 20.4. The van der Waals surface area contributed by atoms with E-state index in [-0.39, 0.29) is 0 Å². The van der Waals surface area contributed by atoms with Crippen LogP contribution >= 0.6 is 11.9 Å². The Bertz CT molecular complexity index is 414. The highest BCUT2D eigenvalue weighted by molar-refractivity contribution is 8.01. The first-order chi connectivity index (χ1) is 11.0. The van der Waals surface area contributed by atoms with Crippen molar-refractivity contribution in [3.8, 4) is 0 Å². The molecule has 1 atom stereocenters. The molecule has 23 heavy (non-hydrogen) atoms. The average Bonchev–Trinajstić information content (AvgIpc) is 2.54. The second kappa shape index (κ2) is 11.0. The van der Waals surface area contributed by atoms with Crippen molar-refractivity contribution in [2.75, 3.05) is 26.7 Å². The standard InChI is InChI=1S/C18H32FN3S/c1-6-16(22-13-9-15(4)10-14-22)11-12-21(5)23-17(7-2)18(19)20-8-3/h7-8,15-16H,3,6,9-14H2,1-2,4-5H3/b17-7+,20-18?. The molecule has 1 aliphatic heterocycles. The number of piperidine rings is 1. The fourth-order valence-electron chi connectivity index (χ4n) is 2.94. The van der Waals surface area contributed by atoms with E-state index in [1.165, 1.54) is 50.5 Å². The molecule has 1 fully saturated rings. The second-order valence-electron chi connectivity index (χ2n) is 6.27. The number of hydrogen-bond donors (Lipinski definition) is 0. The lowest BCUT2D eigenvalue weighted by Gasteiger charge is -2.37. The van der Waals surface area contributed by atoms with Gasteiger partial charge in [0.1, 0.15) is 0 Å². The number of allylic oxidation sites excluding steroid dienone is 2. The molecule has 0 aromatic rings. The predicted molar refractivity (Wildman–Crippen MR) is 101 cm³/mol. The van der Waals surface area contributed by atoms with E-state index >= 15 is 0 Å². The number of halogens is 1. The molecule has 0 saturated carbocycles. The van der Waals surface area contributed by atoms with Gasteiger partial charge in [-0.1, -0.05) is 26.5 Å². The highest BCUT2D eigenvalue weighted by atomic mass is 32.2. The van der Waals surface area contributed by atoms with Gasteiger partial charge in [-0.3, -0.25) is 0 Å². The molecule has 1 unspecified atom stereocenters. The molecule has 0 aliphatic carbocycles. The second-order valence-corrected chi connectivity index (χ2v) is 7.51. The van der Waals surface area contributed by atoms with E-state index in [1.807, 2.05) is 14.0 Å².